The van der Waals surface area contributed by atoms with E-state index in [9.17, 15) is 8.42 Å². The van der Waals surface area contributed by atoms with Gasteiger partial charge in [-0.1, -0.05) is 17.7 Å². The number of benzene rings is 1. The maximum Gasteiger partial charge on any atom is 1.00 e. The van der Waals surface area contributed by atoms with Gasteiger partial charge in [-0.15, -0.1) is 0 Å². The maximum atomic E-state index is 10.7. The molecule has 1 rings (SSSR count). The Morgan fingerprint density at radius 3 is 2.31 bits per heavy atom. The Morgan fingerprint density at radius 2 is 1.92 bits per heavy atom. The molecule has 0 aliphatic rings. The second-order valence-electron chi connectivity index (χ2n) is 2.44. The topological polar surface area (TPSA) is 57.9 Å². The van der Waals surface area contributed by atoms with Gasteiger partial charge in [0.15, 0.2) is 0 Å². The molecule has 0 amide bonds. The predicted octanol–water partition coefficient (Wildman–Crippen LogP) is -0.607. The first kappa shape index (κ1) is 13.4. The standard InChI is InChI=1S/C7H7ClNO2S.Na/c1-5-2-3-7(6(8)4-5)12(9,10)11;/h2-4H,1H3,(H-,9,10,11);/q-1;+1. The van der Waals surface area contributed by atoms with E-state index in [1.807, 2.05) is 0 Å². The molecular formula is C7H7ClNNaO2S. The molecule has 0 atom stereocenters. The first-order valence-electron chi connectivity index (χ1n) is 3.17. The summed E-state index contributed by atoms with van der Waals surface area (Å²) in [6.07, 6.45) is 0. The van der Waals surface area contributed by atoms with Crippen LogP contribution in [0.4, 0.5) is 0 Å². The number of nitrogens with one attached hydrogen (secondary N) is 1. The summed E-state index contributed by atoms with van der Waals surface area (Å²) in [5, 5.41) is 6.87. The van der Waals surface area contributed by atoms with Crippen molar-refractivity contribution in [1.29, 1.82) is 0 Å². The zero-order valence-electron chi connectivity index (χ0n) is 7.33. The molecule has 0 saturated heterocycles. The third-order valence-corrected chi connectivity index (χ3v) is 2.74. The van der Waals surface area contributed by atoms with E-state index < -0.39 is 10.0 Å². The minimum absolute atomic E-state index is 0. The van der Waals surface area contributed by atoms with Crippen LogP contribution in [0.2, 0.25) is 5.02 Å². The smallest absolute Gasteiger partial charge is 0.560 e. The van der Waals surface area contributed by atoms with Crippen molar-refractivity contribution >= 4 is 21.6 Å². The van der Waals surface area contributed by atoms with Gasteiger partial charge in [-0.2, -0.15) is 0 Å². The van der Waals surface area contributed by atoms with Crippen LogP contribution in [0.1, 0.15) is 5.56 Å². The van der Waals surface area contributed by atoms with Crippen molar-refractivity contribution in [2.75, 3.05) is 0 Å². The van der Waals surface area contributed by atoms with E-state index in [0.29, 0.717) is 0 Å². The first-order chi connectivity index (χ1) is 5.41. The fourth-order valence-corrected chi connectivity index (χ4v) is 1.93. The summed E-state index contributed by atoms with van der Waals surface area (Å²) >= 11 is 5.61. The molecule has 1 aromatic carbocycles. The van der Waals surface area contributed by atoms with Gasteiger partial charge < -0.3 is 5.14 Å². The summed E-state index contributed by atoms with van der Waals surface area (Å²) in [6.45, 7) is 1.80. The Morgan fingerprint density at radius 1 is 1.38 bits per heavy atom. The second kappa shape index (κ2) is 4.77. The Labute approximate surface area is 105 Å². The van der Waals surface area contributed by atoms with Gasteiger partial charge >= 0.3 is 29.6 Å². The van der Waals surface area contributed by atoms with Gasteiger partial charge in [0.2, 0.25) is 0 Å². The molecule has 6 heteroatoms. The van der Waals surface area contributed by atoms with Gasteiger partial charge in [0.1, 0.15) is 10.0 Å². The molecule has 0 bridgehead atoms. The van der Waals surface area contributed by atoms with Crippen molar-refractivity contribution in [3.8, 4) is 0 Å². The number of halogens is 1. The van der Waals surface area contributed by atoms with Crippen LogP contribution in [0.5, 0.6) is 0 Å². The molecule has 1 aromatic rings. The molecule has 13 heavy (non-hydrogen) atoms. The summed E-state index contributed by atoms with van der Waals surface area (Å²) in [5.74, 6) is 0. The van der Waals surface area contributed by atoms with Gasteiger partial charge in [0, 0.05) is 0 Å². The number of rotatable bonds is 1. The van der Waals surface area contributed by atoms with E-state index >= 15 is 0 Å². The Kier molecular flexibility index (Phi) is 4.93. The zero-order valence-corrected chi connectivity index (χ0v) is 10.9. The van der Waals surface area contributed by atoms with E-state index in [1.54, 1.807) is 13.0 Å². The zero-order chi connectivity index (χ0) is 9.35. The summed E-state index contributed by atoms with van der Waals surface area (Å²) in [5.41, 5.74) is 0.868. The van der Waals surface area contributed by atoms with E-state index in [0.717, 1.165) is 5.56 Å². The fourth-order valence-electron chi connectivity index (χ4n) is 0.824. The number of aryl methyl sites for hydroxylation is 1. The Hall–Kier alpha value is 0.420. The molecule has 3 nitrogen and oxygen atoms in total. The summed E-state index contributed by atoms with van der Waals surface area (Å²) < 4.78 is 21.5. The van der Waals surface area contributed by atoms with Crippen molar-refractivity contribution in [3.05, 3.63) is 33.9 Å². The van der Waals surface area contributed by atoms with E-state index in [4.69, 9.17) is 16.7 Å². The van der Waals surface area contributed by atoms with Gasteiger partial charge in [-0.05, 0) is 24.6 Å². The molecule has 0 fully saturated rings. The van der Waals surface area contributed by atoms with Gasteiger partial charge in [0.05, 0.1) is 9.92 Å². The van der Waals surface area contributed by atoms with Crippen LogP contribution in [0.3, 0.4) is 0 Å². The Bertz CT molecular complexity index is 405. The largest absolute Gasteiger partial charge is 1.00 e. The summed E-state index contributed by atoms with van der Waals surface area (Å²) in [4.78, 5) is -0.144. The summed E-state index contributed by atoms with van der Waals surface area (Å²) in [7, 11) is -3.93. The Balaban J connectivity index is 0.00000144. The van der Waals surface area contributed by atoms with Crippen molar-refractivity contribution < 1.29 is 38.0 Å². The molecule has 1 N–H and O–H groups in total. The van der Waals surface area contributed by atoms with Crippen LogP contribution in [0.25, 0.3) is 5.14 Å². The molecule has 0 saturated carbocycles. The van der Waals surface area contributed by atoms with Crippen LogP contribution in [-0.2, 0) is 10.0 Å². The quantitative estimate of drug-likeness (QED) is 0.602. The van der Waals surface area contributed by atoms with Crippen LogP contribution < -0.4 is 29.6 Å². The van der Waals surface area contributed by atoms with Crippen molar-refractivity contribution in [1.82, 2.24) is 0 Å². The van der Waals surface area contributed by atoms with E-state index in [-0.39, 0.29) is 39.5 Å². The maximum absolute atomic E-state index is 10.7. The first-order valence-corrected chi connectivity index (χ1v) is 5.03. The molecule has 0 radical (unpaired) electrons. The van der Waals surface area contributed by atoms with Crippen molar-refractivity contribution in [2.24, 2.45) is 0 Å². The summed E-state index contributed by atoms with van der Waals surface area (Å²) in [6, 6.07) is 4.45. The molecule has 0 aliphatic heterocycles. The van der Waals surface area contributed by atoms with Crippen molar-refractivity contribution in [2.45, 2.75) is 11.8 Å². The molecule has 0 spiro atoms. The number of hydrogen-bond donors (Lipinski definition) is 0. The van der Waals surface area contributed by atoms with Crippen molar-refractivity contribution in [3.63, 3.8) is 0 Å². The fraction of sp³-hybridized carbons (Fsp3) is 0.143. The average molecular weight is 228 g/mol. The van der Waals surface area contributed by atoms with Crippen LogP contribution in [-0.4, -0.2) is 8.42 Å². The third-order valence-electron chi connectivity index (χ3n) is 1.38. The van der Waals surface area contributed by atoms with Gasteiger partial charge in [0.25, 0.3) is 0 Å². The SMILES string of the molecule is Cc1ccc(S([NH-])(=O)=O)c(Cl)c1.[Na+]. The minimum atomic E-state index is -3.93. The number of sulfonamides is 1. The van der Waals surface area contributed by atoms with E-state index in [1.165, 1.54) is 12.1 Å². The van der Waals surface area contributed by atoms with Crippen LogP contribution >= 0.6 is 11.6 Å². The molecule has 0 aliphatic carbocycles. The molecular weight excluding hydrogens is 221 g/mol. The van der Waals surface area contributed by atoms with Gasteiger partial charge in [-0.3, -0.25) is 0 Å². The molecule has 0 aromatic heterocycles. The van der Waals surface area contributed by atoms with E-state index in [2.05, 4.69) is 0 Å². The van der Waals surface area contributed by atoms with Crippen LogP contribution in [0, 0.1) is 6.92 Å². The second-order valence-corrected chi connectivity index (χ2v) is 4.29. The average Bonchev–Trinajstić information content (AvgIpc) is 1.83. The van der Waals surface area contributed by atoms with Crippen LogP contribution in [0.15, 0.2) is 23.1 Å². The predicted molar refractivity (Wildman–Crippen MR) is 47.7 cm³/mol. The monoisotopic (exact) mass is 227 g/mol. The third kappa shape index (κ3) is 3.58. The van der Waals surface area contributed by atoms with Gasteiger partial charge in [-0.25, -0.2) is 8.42 Å². The number of hydrogen-bond acceptors (Lipinski definition) is 2. The molecule has 0 heterocycles. The normalized spacial score (nSPS) is 10.7. The molecule has 66 valence electrons. The molecule has 0 unspecified atom stereocenters. The minimum Gasteiger partial charge on any atom is -0.560 e.